The van der Waals surface area contributed by atoms with Crippen molar-refractivity contribution < 1.29 is 48.0 Å². The molecule has 0 unspecified atom stereocenters. The number of rotatable bonds is 6. The van der Waals surface area contributed by atoms with E-state index in [0.717, 1.165) is 0 Å². The number of hydrogen-bond acceptors (Lipinski definition) is 6. The van der Waals surface area contributed by atoms with Gasteiger partial charge in [0.25, 0.3) is 0 Å². The fraction of sp³-hybridized carbons (Fsp3) is 1.00. The van der Waals surface area contributed by atoms with Crippen LogP contribution in [0.5, 0.6) is 0 Å². The maximum absolute atomic E-state index is 9.98. The molecule has 0 amide bonds. The first-order chi connectivity index (χ1) is 7.12. The Morgan fingerprint density at radius 1 is 0.765 bits per heavy atom. The van der Waals surface area contributed by atoms with Crippen LogP contribution in [0, 0.1) is 0 Å². The monoisotopic (exact) mass is 308 g/mol. The molecular weight excluding hydrogens is 293 g/mol. The summed E-state index contributed by atoms with van der Waals surface area (Å²) in [5.41, 5.74) is 0. The van der Waals surface area contributed by atoms with Gasteiger partial charge in [-0.05, 0) is 0 Å². The van der Waals surface area contributed by atoms with Crippen LogP contribution in [0.1, 0.15) is 0 Å². The van der Waals surface area contributed by atoms with E-state index in [0.29, 0.717) is 0 Å². The van der Waals surface area contributed by atoms with Crippen molar-refractivity contribution in [3.8, 4) is 0 Å². The summed E-state index contributed by atoms with van der Waals surface area (Å²) in [4.78, 5) is 32.3. The normalized spacial score (nSPS) is 11.2. The molecule has 0 atom stereocenters. The minimum absolute atomic E-state index is 0. The molecule has 0 fully saturated rings. The molecule has 13 heteroatoms. The fourth-order valence-corrected chi connectivity index (χ4v) is 0.937. The van der Waals surface area contributed by atoms with E-state index in [1.54, 1.807) is 0 Å². The third-order valence-electron chi connectivity index (χ3n) is 0.702. The predicted molar refractivity (Wildman–Crippen MR) is 57.3 cm³/mol. The van der Waals surface area contributed by atoms with E-state index < -0.39 is 28.9 Å². The zero-order chi connectivity index (χ0) is 13.2. The van der Waals surface area contributed by atoms with Crippen molar-refractivity contribution in [1.82, 2.24) is 0 Å². The van der Waals surface area contributed by atoms with E-state index in [1.165, 1.54) is 0 Å². The molecule has 0 aliphatic carbocycles. The van der Waals surface area contributed by atoms with E-state index in [9.17, 15) is 9.13 Å². The second kappa shape index (κ2) is 12.2. The summed E-state index contributed by atoms with van der Waals surface area (Å²) < 4.78 is 27.6. The van der Waals surface area contributed by atoms with Gasteiger partial charge in [-0.25, -0.2) is 9.13 Å². The van der Waals surface area contributed by atoms with Gasteiger partial charge in [0.1, 0.15) is 0 Å². The number of phosphoric ester groups is 2. The predicted octanol–water partition coefficient (Wildman–Crippen LogP) is -2.47. The number of aliphatic hydroxyl groups is 2. The Morgan fingerprint density at radius 2 is 1.00 bits per heavy atom. The molecule has 10 nitrogen and oxygen atoms in total. The molecule has 0 spiro atoms. The Hall–Kier alpha value is 1.14. The van der Waals surface area contributed by atoms with Crippen LogP contribution in [-0.4, -0.2) is 85.8 Å². The van der Waals surface area contributed by atoms with Gasteiger partial charge in [-0.3, -0.25) is 9.05 Å². The molecule has 0 aromatic rings. The Morgan fingerprint density at radius 3 is 1.12 bits per heavy atom. The van der Waals surface area contributed by atoms with Crippen LogP contribution in [0.4, 0.5) is 0 Å². The third kappa shape index (κ3) is 31.7. The van der Waals surface area contributed by atoms with Crippen LogP contribution in [0.3, 0.4) is 0 Å². The first kappa shape index (κ1) is 23.2. The molecule has 6 N–H and O–H groups in total. The van der Waals surface area contributed by atoms with Gasteiger partial charge in [0.2, 0.25) is 0 Å². The second-order valence-corrected chi connectivity index (χ2v) is 4.57. The minimum atomic E-state index is -4.58. The molecule has 0 aromatic heterocycles. The maximum atomic E-state index is 9.98. The number of hydrogen-bond donors (Lipinski definition) is 6. The quantitative estimate of drug-likeness (QED) is 0.175. The van der Waals surface area contributed by atoms with E-state index >= 15 is 0 Å². The Balaban J connectivity index is -0.000000340. The van der Waals surface area contributed by atoms with E-state index in [1.807, 2.05) is 0 Å². The van der Waals surface area contributed by atoms with Gasteiger partial charge in [-0.2, -0.15) is 0 Å². The summed E-state index contributed by atoms with van der Waals surface area (Å²) in [7, 11) is -9.16. The number of phosphoric acid groups is 2. The molecule has 0 bridgehead atoms. The second-order valence-electron chi connectivity index (χ2n) is 2.09. The molecule has 0 aromatic carbocycles. The van der Waals surface area contributed by atoms with Crippen molar-refractivity contribution in [2.24, 2.45) is 0 Å². The van der Waals surface area contributed by atoms with Crippen molar-refractivity contribution >= 4 is 45.2 Å². The third-order valence-corrected chi connectivity index (χ3v) is 1.74. The average molecular weight is 308 g/mol. The summed E-state index contributed by atoms with van der Waals surface area (Å²) in [5.74, 6) is 0. The van der Waals surface area contributed by atoms with Crippen LogP contribution < -0.4 is 0 Å². The van der Waals surface area contributed by atoms with E-state index in [-0.39, 0.29) is 42.8 Å². The summed E-state index contributed by atoms with van der Waals surface area (Å²) >= 11 is 0. The molecule has 102 valence electrons. The summed E-state index contributed by atoms with van der Waals surface area (Å²) in [6.45, 7) is -1.43. The Labute approximate surface area is 119 Å². The number of aliphatic hydroxyl groups excluding tert-OH is 2. The van der Waals surface area contributed by atoms with Crippen LogP contribution in [0.15, 0.2) is 0 Å². The fourth-order valence-electron chi connectivity index (χ4n) is 0.312. The van der Waals surface area contributed by atoms with Crippen molar-refractivity contribution in [2.45, 2.75) is 0 Å². The topological polar surface area (TPSA) is 174 Å². The zero-order valence-electron chi connectivity index (χ0n) is 8.04. The van der Waals surface area contributed by atoms with Crippen LogP contribution in [0.2, 0.25) is 0 Å². The summed E-state index contributed by atoms with van der Waals surface area (Å²) in [6.07, 6.45) is 0. The molecular formula is C4H15NaO10P2. The summed E-state index contributed by atoms with van der Waals surface area (Å²) in [6, 6.07) is 0. The van der Waals surface area contributed by atoms with Crippen LogP contribution in [0.25, 0.3) is 0 Å². The van der Waals surface area contributed by atoms with Gasteiger partial charge in [0.05, 0.1) is 26.4 Å². The van der Waals surface area contributed by atoms with E-state index in [2.05, 4.69) is 9.05 Å². The molecule has 0 saturated heterocycles. The van der Waals surface area contributed by atoms with Crippen molar-refractivity contribution in [2.75, 3.05) is 26.4 Å². The van der Waals surface area contributed by atoms with Gasteiger partial charge in [-0.1, -0.05) is 0 Å². The first-order valence-electron chi connectivity index (χ1n) is 3.74. The summed E-state index contributed by atoms with van der Waals surface area (Å²) in [5, 5.41) is 15.2. The van der Waals surface area contributed by atoms with Gasteiger partial charge in [0, 0.05) is 0 Å². The molecule has 0 rings (SSSR count). The van der Waals surface area contributed by atoms with Gasteiger partial charge in [-0.15, -0.1) is 0 Å². The van der Waals surface area contributed by atoms with Gasteiger partial charge in [0.15, 0.2) is 0 Å². The molecule has 0 aliphatic rings. The van der Waals surface area contributed by atoms with E-state index in [4.69, 9.17) is 29.8 Å². The average Bonchev–Trinajstić information content (AvgIpc) is 2.10. The molecule has 0 aliphatic heterocycles. The van der Waals surface area contributed by atoms with Crippen molar-refractivity contribution in [1.29, 1.82) is 0 Å². The molecule has 17 heavy (non-hydrogen) atoms. The van der Waals surface area contributed by atoms with Crippen molar-refractivity contribution in [3.05, 3.63) is 0 Å². The molecule has 0 radical (unpaired) electrons. The standard InChI is InChI=1S/C2H8O8P2.C2H6O2.Na.H/c3-11(4,5)9-1-2-10-12(6,7)8;3-1-2-4;;/h1-2H2,(H2,3,4,5)(H2,6,7,8);3-4H,1-2H2;;. The SMILES string of the molecule is O=P(O)(O)OCCOP(=O)(O)O.OCCO.[NaH]. The van der Waals surface area contributed by atoms with Crippen molar-refractivity contribution in [3.63, 3.8) is 0 Å². The first-order valence-corrected chi connectivity index (χ1v) is 6.80. The van der Waals surface area contributed by atoms with Gasteiger partial charge < -0.3 is 29.8 Å². The van der Waals surface area contributed by atoms with Gasteiger partial charge >= 0.3 is 45.2 Å². The van der Waals surface area contributed by atoms with Crippen LogP contribution >= 0.6 is 15.6 Å². The molecule has 0 heterocycles. The Bertz CT molecular complexity index is 221. The zero-order valence-corrected chi connectivity index (χ0v) is 9.83. The van der Waals surface area contributed by atoms with Crippen LogP contribution in [-0.2, 0) is 18.2 Å². The molecule has 0 saturated carbocycles. The Kier molecular flexibility index (Phi) is 16.7.